The molecule has 0 radical (unpaired) electrons. The molecule has 0 bridgehead atoms. The largest absolute Gasteiger partial charge is 0.444 e. The Morgan fingerprint density at radius 2 is 2.21 bits per heavy atom. The maximum Gasteiger partial charge on any atom is 0.410 e. The zero-order valence-electron chi connectivity index (χ0n) is 8.95. The smallest absolute Gasteiger partial charge is 0.410 e. The maximum atomic E-state index is 11.5. The van der Waals surface area contributed by atoms with Crippen LogP contribution in [0.4, 0.5) is 4.79 Å². The van der Waals surface area contributed by atoms with E-state index >= 15 is 0 Å². The number of rotatable bonds is 2. The highest BCUT2D eigenvalue weighted by atomic mass is 16.6. The molecular weight excluding hydrogens is 182 g/mol. The number of hydrogen-bond acceptors (Lipinski definition) is 3. The van der Waals surface area contributed by atoms with Gasteiger partial charge in [0.15, 0.2) is 0 Å². The highest BCUT2D eigenvalue weighted by Crippen LogP contribution is 2.22. The zero-order chi connectivity index (χ0) is 10.8. The highest BCUT2D eigenvalue weighted by molar-refractivity contribution is 5.70. The Balaban J connectivity index is 2.42. The Bertz CT molecular complexity index is 232. The first-order chi connectivity index (χ1) is 6.44. The Morgan fingerprint density at radius 3 is 2.57 bits per heavy atom. The van der Waals surface area contributed by atoms with Crippen molar-refractivity contribution >= 4 is 12.4 Å². The Morgan fingerprint density at radius 1 is 1.57 bits per heavy atom. The summed E-state index contributed by atoms with van der Waals surface area (Å²) in [4.78, 5) is 23.4. The molecule has 1 atom stereocenters. The van der Waals surface area contributed by atoms with Gasteiger partial charge in [-0.05, 0) is 27.2 Å². The summed E-state index contributed by atoms with van der Waals surface area (Å²) < 4.78 is 5.19. The third kappa shape index (κ3) is 2.72. The summed E-state index contributed by atoms with van der Waals surface area (Å²) in [6.45, 7) is 6.20. The van der Waals surface area contributed by atoms with Crippen molar-refractivity contribution in [3.05, 3.63) is 0 Å². The SMILES string of the molecule is CC(C)(C)OC(=O)N1CCC1CC=O. The van der Waals surface area contributed by atoms with Gasteiger partial charge in [-0.15, -0.1) is 0 Å². The van der Waals surface area contributed by atoms with Crippen LogP contribution in [0.25, 0.3) is 0 Å². The molecular formula is C10H17NO3. The van der Waals surface area contributed by atoms with E-state index in [2.05, 4.69) is 0 Å². The molecule has 0 aromatic heterocycles. The van der Waals surface area contributed by atoms with Crippen LogP contribution in [0.1, 0.15) is 33.6 Å². The number of ether oxygens (including phenoxy) is 1. The minimum absolute atomic E-state index is 0.0577. The van der Waals surface area contributed by atoms with Crippen molar-refractivity contribution < 1.29 is 14.3 Å². The van der Waals surface area contributed by atoms with E-state index in [1.807, 2.05) is 20.8 Å². The first-order valence-electron chi connectivity index (χ1n) is 4.87. The number of carbonyl (C=O) groups excluding carboxylic acids is 2. The van der Waals surface area contributed by atoms with E-state index in [1.165, 1.54) is 0 Å². The van der Waals surface area contributed by atoms with Crippen molar-refractivity contribution in [2.75, 3.05) is 6.54 Å². The monoisotopic (exact) mass is 199 g/mol. The lowest BCUT2D eigenvalue weighted by molar-refractivity contribution is -0.109. The minimum Gasteiger partial charge on any atom is -0.444 e. The van der Waals surface area contributed by atoms with E-state index in [4.69, 9.17) is 4.74 Å². The quantitative estimate of drug-likeness (QED) is 0.634. The van der Waals surface area contributed by atoms with Crippen molar-refractivity contribution in [2.45, 2.75) is 45.3 Å². The molecule has 0 aromatic carbocycles. The predicted octanol–water partition coefficient (Wildman–Crippen LogP) is 1.58. The Kier molecular flexibility index (Phi) is 3.13. The molecule has 4 heteroatoms. The van der Waals surface area contributed by atoms with Crippen LogP contribution in [-0.2, 0) is 9.53 Å². The zero-order valence-corrected chi connectivity index (χ0v) is 8.95. The first kappa shape index (κ1) is 11.0. The Labute approximate surface area is 84.2 Å². The molecule has 80 valence electrons. The van der Waals surface area contributed by atoms with Gasteiger partial charge in [0.25, 0.3) is 0 Å². The number of aldehydes is 1. The van der Waals surface area contributed by atoms with E-state index in [0.717, 1.165) is 12.7 Å². The van der Waals surface area contributed by atoms with E-state index in [1.54, 1.807) is 4.90 Å². The second-order valence-electron chi connectivity index (χ2n) is 4.52. The van der Waals surface area contributed by atoms with E-state index in [0.29, 0.717) is 13.0 Å². The fourth-order valence-electron chi connectivity index (χ4n) is 1.36. The van der Waals surface area contributed by atoms with Crippen molar-refractivity contribution in [1.29, 1.82) is 0 Å². The molecule has 1 amide bonds. The van der Waals surface area contributed by atoms with Crippen molar-refractivity contribution in [2.24, 2.45) is 0 Å². The van der Waals surface area contributed by atoms with Gasteiger partial charge in [0.2, 0.25) is 0 Å². The van der Waals surface area contributed by atoms with E-state index in [9.17, 15) is 9.59 Å². The maximum absolute atomic E-state index is 11.5. The van der Waals surface area contributed by atoms with Gasteiger partial charge in [0.05, 0.1) is 0 Å². The summed E-state index contributed by atoms with van der Waals surface area (Å²) in [6.07, 6.45) is 1.86. The molecule has 1 aliphatic rings. The lowest BCUT2D eigenvalue weighted by Gasteiger charge is -2.40. The summed E-state index contributed by atoms with van der Waals surface area (Å²) in [5.74, 6) is 0. The standard InChI is InChI=1S/C10H17NO3/c1-10(2,3)14-9(13)11-6-4-8(11)5-7-12/h7-8H,4-6H2,1-3H3. The number of carbonyl (C=O) groups is 2. The molecule has 1 aliphatic heterocycles. The summed E-state index contributed by atoms with van der Waals surface area (Å²) in [5, 5.41) is 0. The van der Waals surface area contributed by atoms with Crippen LogP contribution in [0.2, 0.25) is 0 Å². The lowest BCUT2D eigenvalue weighted by Crippen LogP contribution is -2.52. The van der Waals surface area contributed by atoms with Gasteiger partial charge in [-0.25, -0.2) is 4.79 Å². The van der Waals surface area contributed by atoms with Crippen LogP contribution in [0.3, 0.4) is 0 Å². The van der Waals surface area contributed by atoms with Crippen LogP contribution >= 0.6 is 0 Å². The molecule has 1 fully saturated rings. The molecule has 1 rings (SSSR count). The average Bonchev–Trinajstić information content (AvgIpc) is 1.93. The van der Waals surface area contributed by atoms with Crippen LogP contribution in [0.5, 0.6) is 0 Å². The van der Waals surface area contributed by atoms with Gasteiger partial charge >= 0.3 is 6.09 Å². The van der Waals surface area contributed by atoms with Gasteiger partial charge in [-0.1, -0.05) is 0 Å². The molecule has 0 aliphatic carbocycles. The first-order valence-corrected chi connectivity index (χ1v) is 4.87. The second-order valence-corrected chi connectivity index (χ2v) is 4.52. The van der Waals surface area contributed by atoms with Gasteiger partial charge in [-0.2, -0.15) is 0 Å². The topological polar surface area (TPSA) is 46.6 Å². The number of amides is 1. The summed E-state index contributed by atoms with van der Waals surface area (Å²) in [7, 11) is 0. The van der Waals surface area contributed by atoms with Crippen LogP contribution in [-0.4, -0.2) is 35.5 Å². The van der Waals surface area contributed by atoms with Crippen LogP contribution in [0.15, 0.2) is 0 Å². The molecule has 0 spiro atoms. The molecule has 0 aromatic rings. The summed E-state index contributed by atoms with van der Waals surface area (Å²) in [5.41, 5.74) is -0.460. The highest BCUT2D eigenvalue weighted by Gasteiger charge is 2.34. The number of likely N-dealkylation sites (tertiary alicyclic amines) is 1. The number of hydrogen-bond donors (Lipinski definition) is 0. The fraction of sp³-hybridized carbons (Fsp3) is 0.800. The van der Waals surface area contributed by atoms with Crippen molar-refractivity contribution in [1.82, 2.24) is 4.90 Å². The molecule has 0 saturated carbocycles. The van der Waals surface area contributed by atoms with Gasteiger partial charge < -0.3 is 14.4 Å². The van der Waals surface area contributed by atoms with E-state index in [-0.39, 0.29) is 12.1 Å². The molecule has 1 saturated heterocycles. The summed E-state index contributed by atoms with van der Waals surface area (Å²) >= 11 is 0. The van der Waals surface area contributed by atoms with Gasteiger partial charge in [0.1, 0.15) is 11.9 Å². The predicted molar refractivity (Wildman–Crippen MR) is 52.0 cm³/mol. The average molecular weight is 199 g/mol. The van der Waals surface area contributed by atoms with Crippen LogP contribution in [0, 0.1) is 0 Å². The second kappa shape index (κ2) is 3.98. The molecule has 1 unspecified atom stereocenters. The summed E-state index contributed by atoms with van der Waals surface area (Å²) in [6, 6.07) is 0.0577. The third-order valence-corrected chi connectivity index (χ3v) is 2.14. The molecule has 14 heavy (non-hydrogen) atoms. The number of nitrogens with zero attached hydrogens (tertiary/aromatic N) is 1. The third-order valence-electron chi connectivity index (χ3n) is 2.14. The molecule has 1 heterocycles. The Hall–Kier alpha value is -1.06. The van der Waals surface area contributed by atoms with Crippen molar-refractivity contribution in [3.8, 4) is 0 Å². The normalized spacial score (nSPS) is 21.4. The molecule has 4 nitrogen and oxygen atoms in total. The van der Waals surface area contributed by atoms with Crippen molar-refractivity contribution in [3.63, 3.8) is 0 Å². The van der Waals surface area contributed by atoms with E-state index < -0.39 is 5.60 Å². The minimum atomic E-state index is -0.460. The van der Waals surface area contributed by atoms with Gasteiger partial charge in [-0.3, -0.25) is 0 Å². The lowest BCUT2D eigenvalue weighted by atomic mass is 10.0. The van der Waals surface area contributed by atoms with Gasteiger partial charge in [0, 0.05) is 19.0 Å². The molecule has 0 N–H and O–H groups in total. The van der Waals surface area contributed by atoms with Crippen LogP contribution < -0.4 is 0 Å². The fourth-order valence-corrected chi connectivity index (χ4v) is 1.36.